The number of rotatable bonds is 3. The number of thiophene rings is 1. The molecule has 1 aromatic carbocycles. The summed E-state index contributed by atoms with van der Waals surface area (Å²) in [6.07, 6.45) is 1.06. The Morgan fingerprint density at radius 2 is 2.18 bits per heavy atom. The molecule has 3 rings (SSSR count). The van der Waals surface area contributed by atoms with Crippen LogP contribution in [-0.4, -0.2) is 48.9 Å². The first-order valence-electron chi connectivity index (χ1n) is 7.66. The second-order valence-corrected chi connectivity index (χ2v) is 7.05. The van der Waals surface area contributed by atoms with Crippen LogP contribution in [0.4, 0.5) is 0 Å². The van der Waals surface area contributed by atoms with Gasteiger partial charge in [-0.2, -0.15) is 0 Å². The zero-order valence-electron chi connectivity index (χ0n) is 13.4. The summed E-state index contributed by atoms with van der Waals surface area (Å²) in [6, 6.07) is 10.5. The Balaban J connectivity index is 1.83. The Labute approximate surface area is 136 Å². The number of carbonyl (C=O) groups is 1. The third-order valence-corrected chi connectivity index (χ3v) is 5.53. The van der Waals surface area contributed by atoms with Gasteiger partial charge in [-0.25, -0.2) is 0 Å². The quantitative estimate of drug-likeness (QED) is 0.866. The number of hydrogen-bond donors (Lipinski definition) is 0. The summed E-state index contributed by atoms with van der Waals surface area (Å²) >= 11 is 1.73. The highest BCUT2D eigenvalue weighted by Gasteiger charge is 2.27. The van der Waals surface area contributed by atoms with Crippen molar-refractivity contribution in [3.8, 4) is 10.4 Å². The van der Waals surface area contributed by atoms with Crippen LogP contribution in [0.5, 0.6) is 0 Å². The minimum atomic E-state index is 0.122. The van der Waals surface area contributed by atoms with E-state index in [1.807, 2.05) is 30.1 Å². The highest BCUT2D eigenvalue weighted by atomic mass is 32.1. The lowest BCUT2D eigenvalue weighted by molar-refractivity contribution is 0.0737. The molecule has 3 nitrogen and oxygen atoms in total. The maximum absolute atomic E-state index is 12.8. The highest BCUT2D eigenvalue weighted by Crippen LogP contribution is 2.29. The number of likely N-dealkylation sites (N-methyl/N-ethyl adjacent to an activating group) is 2. The van der Waals surface area contributed by atoms with Gasteiger partial charge in [-0.15, -0.1) is 11.3 Å². The molecule has 0 bridgehead atoms. The maximum atomic E-state index is 12.8. The van der Waals surface area contributed by atoms with Crippen molar-refractivity contribution in [1.29, 1.82) is 0 Å². The van der Waals surface area contributed by atoms with E-state index in [0.717, 1.165) is 30.6 Å². The van der Waals surface area contributed by atoms with Gasteiger partial charge in [0, 0.05) is 30.1 Å². The van der Waals surface area contributed by atoms with Gasteiger partial charge >= 0.3 is 0 Å². The van der Waals surface area contributed by atoms with Crippen LogP contribution < -0.4 is 0 Å². The predicted octanol–water partition coefficient (Wildman–Crippen LogP) is 3.50. The van der Waals surface area contributed by atoms with E-state index >= 15 is 0 Å². The van der Waals surface area contributed by atoms with Crippen molar-refractivity contribution in [2.75, 3.05) is 27.2 Å². The van der Waals surface area contributed by atoms with Gasteiger partial charge in [-0.05, 0) is 61.6 Å². The van der Waals surface area contributed by atoms with E-state index < -0.39 is 0 Å². The minimum Gasteiger partial charge on any atom is -0.337 e. The standard InChI is InChI=1S/C18H22N2OS/c1-13-8-10-22-17(13)14-5-4-6-15(11-14)18(21)20(3)16-7-9-19(2)12-16/h4-6,8,10-11,16H,7,9,12H2,1-3H3/t16-/m1/s1. The fourth-order valence-electron chi connectivity index (χ4n) is 3.06. The summed E-state index contributed by atoms with van der Waals surface area (Å²) in [4.78, 5) is 18.2. The monoisotopic (exact) mass is 314 g/mol. The van der Waals surface area contributed by atoms with Crippen LogP contribution in [0.15, 0.2) is 35.7 Å². The van der Waals surface area contributed by atoms with Crippen LogP contribution in [0.3, 0.4) is 0 Å². The van der Waals surface area contributed by atoms with Crippen molar-refractivity contribution in [1.82, 2.24) is 9.80 Å². The molecular weight excluding hydrogens is 292 g/mol. The predicted molar refractivity (Wildman–Crippen MR) is 92.5 cm³/mol. The van der Waals surface area contributed by atoms with Crippen LogP contribution in [0, 0.1) is 6.92 Å². The van der Waals surface area contributed by atoms with Crippen molar-refractivity contribution in [3.63, 3.8) is 0 Å². The fourth-order valence-corrected chi connectivity index (χ4v) is 3.98. The zero-order chi connectivity index (χ0) is 15.7. The second kappa shape index (κ2) is 6.23. The molecule has 1 saturated heterocycles. The number of likely N-dealkylation sites (tertiary alicyclic amines) is 1. The van der Waals surface area contributed by atoms with Crippen molar-refractivity contribution < 1.29 is 4.79 Å². The van der Waals surface area contributed by atoms with Crippen LogP contribution in [-0.2, 0) is 0 Å². The Morgan fingerprint density at radius 1 is 1.36 bits per heavy atom. The van der Waals surface area contributed by atoms with E-state index in [0.29, 0.717) is 6.04 Å². The molecule has 4 heteroatoms. The van der Waals surface area contributed by atoms with Gasteiger partial charge in [0.15, 0.2) is 0 Å². The lowest BCUT2D eigenvalue weighted by atomic mass is 10.1. The number of nitrogens with zero attached hydrogens (tertiary/aromatic N) is 2. The van der Waals surface area contributed by atoms with Crippen molar-refractivity contribution >= 4 is 17.2 Å². The molecule has 1 atom stereocenters. The lowest BCUT2D eigenvalue weighted by Crippen LogP contribution is -2.38. The van der Waals surface area contributed by atoms with Crippen LogP contribution in [0.1, 0.15) is 22.3 Å². The molecule has 0 aliphatic carbocycles. The molecule has 1 fully saturated rings. The maximum Gasteiger partial charge on any atom is 0.253 e. The Bertz CT molecular complexity index is 679. The second-order valence-electron chi connectivity index (χ2n) is 6.13. The molecule has 1 amide bonds. The molecule has 1 aromatic heterocycles. The van der Waals surface area contributed by atoms with E-state index in [9.17, 15) is 4.79 Å². The van der Waals surface area contributed by atoms with E-state index in [-0.39, 0.29) is 5.91 Å². The van der Waals surface area contributed by atoms with Gasteiger partial charge in [-0.3, -0.25) is 4.79 Å². The normalized spacial score (nSPS) is 18.6. The molecule has 22 heavy (non-hydrogen) atoms. The number of carbonyl (C=O) groups excluding carboxylic acids is 1. The summed E-state index contributed by atoms with van der Waals surface area (Å²) < 4.78 is 0. The molecule has 116 valence electrons. The fraction of sp³-hybridized carbons (Fsp3) is 0.389. The molecule has 2 heterocycles. The number of benzene rings is 1. The van der Waals surface area contributed by atoms with Gasteiger partial charge in [0.05, 0.1) is 0 Å². The Hall–Kier alpha value is -1.65. The Kier molecular flexibility index (Phi) is 4.32. The lowest BCUT2D eigenvalue weighted by Gasteiger charge is -2.24. The van der Waals surface area contributed by atoms with Crippen molar-refractivity contribution in [2.24, 2.45) is 0 Å². The van der Waals surface area contributed by atoms with Crippen LogP contribution >= 0.6 is 11.3 Å². The minimum absolute atomic E-state index is 0.122. The molecule has 2 aromatic rings. The summed E-state index contributed by atoms with van der Waals surface area (Å²) in [5.74, 6) is 0.122. The van der Waals surface area contributed by atoms with Gasteiger partial charge in [-0.1, -0.05) is 12.1 Å². The van der Waals surface area contributed by atoms with Crippen LogP contribution in [0.25, 0.3) is 10.4 Å². The van der Waals surface area contributed by atoms with Gasteiger partial charge < -0.3 is 9.80 Å². The van der Waals surface area contributed by atoms with E-state index in [1.165, 1.54) is 10.4 Å². The zero-order valence-corrected chi connectivity index (χ0v) is 14.2. The van der Waals surface area contributed by atoms with Crippen molar-refractivity contribution in [3.05, 3.63) is 46.8 Å². The molecule has 0 N–H and O–H groups in total. The molecule has 0 spiro atoms. The van der Waals surface area contributed by atoms with Gasteiger partial charge in [0.2, 0.25) is 0 Å². The highest BCUT2D eigenvalue weighted by molar-refractivity contribution is 7.13. The average molecular weight is 314 g/mol. The number of amides is 1. The summed E-state index contributed by atoms with van der Waals surface area (Å²) in [5.41, 5.74) is 3.18. The molecule has 1 aliphatic heterocycles. The number of hydrogen-bond acceptors (Lipinski definition) is 3. The molecule has 0 radical (unpaired) electrons. The summed E-state index contributed by atoms with van der Waals surface area (Å²) in [5, 5.41) is 2.10. The molecule has 0 unspecified atom stereocenters. The molecule has 0 saturated carbocycles. The third kappa shape index (κ3) is 2.94. The van der Waals surface area contributed by atoms with E-state index in [4.69, 9.17) is 0 Å². The topological polar surface area (TPSA) is 23.6 Å². The van der Waals surface area contributed by atoms with Gasteiger partial charge in [0.25, 0.3) is 5.91 Å². The van der Waals surface area contributed by atoms with Gasteiger partial charge in [0.1, 0.15) is 0 Å². The SMILES string of the molecule is Cc1ccsc1-c1cccc(C(=O)N(C)[C@@H]2CCN(C)C2)c1. The Morgan fingerprint density at radius 3 is 2.82 bits per heavy atom. The molecule has 1 aliphatic rings. The van der Waals surface area contributed by atoms with Crippen LogP contribution in [0.2, 0.25) is 0 Å². The average Bonchev–Trinajstić information content (AvgIpc) is 3.14. The largest absolute Gasteiger partial charge is 0.337 e. The third-order valence-electron chi connectivity index (χ3n) is 4.47. The number of aryl methyl sites for hydroxylation is 1. The summed E-state index contributed by atoms with van der Waals surface area (Å²) in [7, 11) is 4.04. The van der Waals surface area contributed by atoms with E-state index in [2.05, 4.69) is 36.4 Å². The smallest absolute Gasteiger partial charge is 0.253 e. The first kappa shape index (κ1) is 15.3. The molecular formula is C18H22N2OS. The first-order chi connectivity index (χ1) is 10.6. The van der Waals surface area contributed by atoms with Crippen molar-refractivity contribution in [2.45, 2.75) is 19.4 Å². The first-order valence-corrected chi connectivity index (χ1v) is 8.54. The van der Waals surface area contributed by atoms with E-state index in [1.54, 1.807) is 11.3 Å². The summed E-state index contributed by atoms with van der Waals surface area (Å²) in [6.45, 7) is 4.14.